The van der Waals surface area contributed by atoms with Gasteiger partial charge in [-0.15, -0.1) is 0 Å². The Morgan fingerprint density at radius 3 is 2.38 bits per heavy atom. The molecule has 1 saturated carbocycles. The molecule has 3 aromatic carbocycles. The van der Waals surface area contributed by atoms with Gasteiger partial charge < -0.3 is 0 Å². The molecule has 0 atom stereocenters. The van der Waals surface area contributed by atoms with Crippen LogP contribution in [0.1, 0.15) is 53.6 Å². The lowest BCUT2D eigenvalue weighted by Crippen LogP contribution is -2.41. The van der Waals surface area contributed by atoms with Crippen molar-refractivity contribution >= 4 is 32.3 Å². The van der Waals surface area contributed by atoms with Gasteiger partial charge in [0.2, 0.25) is 0 Å². The van der Waals surface area contributed by atoms with Crippen molar-refractivity contribution in [3.05, 3.63) is 83.4 Å². The van der Waals surface area contributed by atoms with Gasteiger partial charge in [-0.2, -0.15) is 0 Å². The van der Waals surface area contributed by atoms with E-state index in [4.69, 9.17) is 0 Å². The van der Waals surface area contributed by atoms with E-state index in [1.165, 1.54) is 19.3 Å². The molecule has 2 aliphatic rings. The average molecular weight is 446 g/mol. The van der Waals surface area contributed by atoms with E-state index in [0.29, 0.717) is 11.5 Å². The quantitative estimate of drug-likeness (QED) is 0.500. The zero-order chi connectivity index (χ0) is 22.3. The molecule has 1 aliphatic heterocycles. The first-order valence-electron chi connectivity index (χ1n) is 11.3. The van der Waals surface area contributed by atoms with Gasteiger partial charge in [-0.05, 0) is 59.7 Å². The molecule has 5 heteroatoms. The van der Waals surface area contributed by atoms with Crippen LogP contribution >= 0.6 is 0 Å². The van der Waals surface area contributed by atoms with Crippen molar-refractivity contribution in [2.75, 3.05) is 6.54 Å². The third kappa shape index (κ3) is 3.65. The Morgan fingerprint density at radius 1 is 0.906 bits per heavy atom. The van der Waals surface area contributed by atoms with Crippen molar-refractivity contribution in [3.8, 4) is 0 Å². The van der Waals surface area contributed by atoms with Crippen LogP contribution in [0.15, 0.2) is 71.6 Å². The summed E-state index contributed by atoms with van der Waals surface area (Å²) in [5.74, 6) is -0.0200. The predicted octanol–water partition coefficient (Wildman–Crippen LogP) is 5.96. The van der Waals surface area contributed by atoms with Gasteiger partial charge in [0.05, 0.1) is 17.0 Å². The largest absolute Gasteiger partial charge is 0.269 e. The lowest BCUT2D eigenvalue weighted by Gasteiger charge is -2.32. The first-order chi connectivity index (χ1) is 15.4. The van der Waals surface area contributed by atoms with Crippen LogP contribution in [0.2, 0.25) is 0 Å². The Hall–Kier alpha value is -2.92. The van der Waals surface area contributed by atoms with Crippen LogP contribution in [0.5, 0.6) is 0 Å². The topological polar surface area (TPSA) is 54.5 Å². The molecule has 0 bridgehead atoms. The summed E-state index contributed by atoms with van der Waals surface area (Å²) < 4.78 is 28.2. The third-order valence-corrected chi connectivity index (χ3v) is 8.47. The number of carbonyl (C=O) groups is 1. The Labute approximate surface area is 189 Å². The van der Waals surface area contributed by atoms with Gasteiger partial charge in [-0.25, -0.2) is 12.7 Å². The van der Waals surface area contributed by atoms with Gasteiger partial charge in [0.25, 0.3) is 15.9 Å². The molecule has 0 N–H and O–H groups in total. The average Bonchev–Trinajstić information content (AvgIpc) is 2.81. The summed E-state index contributed by atoms with van der Waals surface area (Å²) in [6, 6.07) is 18.4. The summed E-state index contributed by atoms with van der Waals surface area (Å²) in [7, 11) is -3.97. The van der Waals surface area contributed by atoms with Gasteiger partial charge in [0.15, 0.2) is 0 Å². The first kappa shape index (κ1) is 21.0. The molecule has 0 spiro atoms. The molecule has 0 saturated heterocycles. The molecule has 0 aromatic heterocycles. The van der Waals surface area contributed by atoms with Gasteiger partial charge in [0.1, 0.15) is 0 Å². The van der Waals surface area contributed by atoms with Gasteiger partial charge >= 0.3 is 0 Å². The van der Waals surface area contributed by atoms with Crippen LogP contribution in [-0.2, 0) is 10.0 Å². The number of nitrogens with zero attached hydrogens (tertiary/aromatic N) is 1. The van der Waals surface area contributed by atoms with E-state index in [2.05, 4.69) is 6.08 Å². The third-order valence-electron chi connectivity index (χ3n) is 6.73. The summed E-state index contributed by atoms with van der Waals surface area (Å²) in [5, 5.41) is 1.74. The van der Waals surface area contributed by atoms with Crippen molar-refractivity contribution < 1.29 is 13.2 Å². The maximum absolute atomic E-state index is 13.7. The Bertz CT molecular complexity index is 1320. The second-order valence-electron chi connectivity index (χ2n) is 8.93. The van der Waals surface area contributed by atoms with E-state index in [1.54, 1.807) is 24.3 Å². The highest BCUT2D eigenvalue weighted by molar-refractivity contribution is 7.89. The normalized spacial score (nSPS) is 18.8. The smallest absolute Gasteiger partial charge is 0.268 e. The van der Waals surface area contributed by atoms with Crippen molar-refractivity contribution in [3.63, 3.8) is 0 Å². The van der Waals surface area contributed by atoms with Gasteiger partial charge in [0, 0.05) is 0 Å². The molecule has 1 heterocycles. The second-order valence-corrected chi connectivity index (χ2v) is 10.8. The number of fused-ring (bicyclic) bond motifs is 3. The highest BCUT2D eigenvalue weighted by Gasteiger charge is 2.37. The van der Waals surface area contributed by atoms with E-state index in [-0.39, 0.29) is 11.4 Å². The number of amides is 1. The summed E-state index contributed by atoms with van der Waals surface area (Å²) in [6.45, 7) is 1.99. The molecule has 1 aliphatic carbocycles. The molecule has 32 heavy (non-hydrogen) atoms. The minimum atomic E-state index is -3.97. The molecule has 0 radical (unpaired) electrons. The first-order valence-corrected chi connectivity index (χ1v) is 12.8. The van der Waals surface area contributed by atoms with Crippen molar-refractivity contribution in [2.45, 2.75) is 43.9 Å². The lowest BCUT2D eigenvalue weighted by atomic mass is 9.84. The summed E-state index contributed by atoms with van der Waals surface area (Å²) in [6.07, 6.45) is 8.12. The van der Waals surface area contributed by atoms with E-state index in [0.717, 1.165) is 44.6 Å². The monoisotopic (exact) mass is 445 g/mol. The fourth-order valence-electron chi connectivity index (χ4n) is 4.97. The zero-order valence-corrected chi connectivity index (χ0v) is 19.1. The standard InChI is InChI=1S/C27H27NO3S/c1-19-11-14-23(15-12-19)32(30,31)28-18-22(17-20-7-3-2-4-8-20)25-16-13-21-9-5-6-10-24(21)26(25)27(28)29/h5-6,9-17,20H,2-4,7-8,18H2,1H3/b22-17-. The summed E-state index contributed by atoms with van der Waals surface area (Å²) >= 11 is 0. The maximum atomic E-state index is 13.7. The summed E-state index contributed by atoms with van der Waals surface area (Å²) in [5.41, 5.74) is 3.28. The Balaban J connectivity index is 1.68. The molecule has 1 amide bonds. The van der Waals surface area contributed by atoms with Crippen molar-refractivity contribution in [2.24, 2.45) is 5.92 Å². The molecule has 4 nitrogen and oxygen atoms in total. The fraction of sp³-hybridized carbons (Fsp3) is 0.296. The number of aryl methyl sites for hydroxylation is 1. The zero-order valence-electron chi connectivity index (χ0n) is 18.3. The maximum Gasteiger partial charge on any atom is 0.269 e. The minimum Gasteiger partial charge on any atom is -0.268 e. The predicted molar refractivity (Wildman–Crippen MR) is 128 cm³/mol. The molecular weight excluding hydrogens is 418 g/mol. The van der Waals surface area contributed by atoms with Crippen LogP contribution < -0.4 is 0 Å². The lowest BCUT2D eigenvalue weighted by molar-refractivity contribution is 0.0869. The van der Waals surface area contributed by atoms with Crippen LogP contribution in [-0.4, -0.2) is 25.2 Å². The highest BCUT2D eigenvalue weighted by atomic mass is 32.2. The molecule has 164 valence electrons. The molecule has 0 unspecified atom stereocenters. The number of allylic oxidation sites excluding steroid dienone is 1. The van der Waals surface area contributed by atoms with Crippen LogP contribution in [0.4, 0.5) is 0 Å². The number of sulfonamides is 1. The highest BCUT2D eigenvalue weighted by Crippen LogP contribution is 2.37. The van der Waals surface area contributed by atoms with E-state index < -0.39 is 15.9 Å². The minimum absolute atomic E-state index is 0.0802. The van der Waals surface area contributed by atoms with Gasteiger partial charge in [-0.3, -0.25) is 4.79 Å². The molecule has 5 rings (SSSR count). The van der Waals surface area contributed by atoms with E-state index in [1.807, 2.05) is 43.3 Å². The van der Waals surface area contributed by atoms with E-state index in [9.17, 15) is 13.2 Å². The van der Waals surface area contributed by atoms with Crippen molar-refractivity contribution in [1.29, 1.82) is 0 Å². The van der Waals surface area contributed by atoms with Crippen LogP contribution in [0.25, 0.3) is 16.3 Å². The Morgan fingerprint density at radius 2 is 1.62 bits per heavy atom. The Kier molecular flexibility index (Phi) is 5.38. The SMILES string of the molecule is Cc1ccc(S(=O)(=O)N2C/C(=C/C3CCCCC3)c3ccc4ccccc4c3C2=O)cc1. The van der Waals surface area contributed by atoms with Gasteiger partial charge in [-0.1, -0.05) is 79.4 Å². The van der Waals surface area contributed by atoms with Crippen molar-refractivity contribution in [1.82, 2.24) is 4.31 Å². The second kappa shape index (κ2) is 8.21. The number of rotatable bonds is 3. The number of hydrogen-bond donors (Lipinski definition) is 0. The molecular formula is C27H27NO3S. The van der Waals surface area contributed by atoms with Crippen LogP contribution in [0.3, 0.4) is 0 Å². The molecule has 3 aromatic rings. The number of hydrogen-bond acceptors (Lipinski definition) is 3. The molecule has 1 fully saturated rings. The van der Waals surface area contributed by atoms with Crippen LogP contribution in [0, 0.1) is 12.8 Å². The fourth-order valence-corrected chi connectivity index (χ4v) is 6.32. The number of benzene rings is 3. The summed E-state index contributed by atoms with van der Waals surface area (Å²) in [4.78, 5) is 13.8. The van der Waals surface area contributed by atoms with E-state index >= 15 is 0 Å². The number of carbonyl (C=O) groups excluding carboxylic acids is 1.